The highest BCUT2D eigenvalue weighted by Crippen LogP contribution is 2.06. The molecule has 0 aromatic carbocycles. The van der Waals surface area contributed by atoms with Gasteiger partial charge in [-0.2, -0.15) is 0 Å². The molecule has 1 N–H and O–H groups in total. The first-order valence-electron chi connectivity index (χ1n) is 7.06. The summed E-state index contributed by atoms with van der Waals surface area (Å²) in [5, 5.41) is 3.43. The SMILES string of the molecule is CCNCC1COCCN1CCN(CC)CC. The van der Waals surface area contributed by atoms with Gasteiger partial charge in [-0.15, -0.1) is 0 Å². The molecule has 0 aromatic heterocycles. The van der Waals surface area contributed by atoms with Crippen molar-refractivity contribution in [1.29, 1.82) is 0 Å². The molecule has 1 heterocycles. The first-order valence-corrected chi connectivity index (χ1v) is 7.06. The summed E-state index contributed by atoms with van der Waals surface area (Å²) in [5.74, 6) is 0. The summed E-state index contributed by atoms with van der Waals surface area (Å²) in [4.78, 5) is 5.06. The number of morpholine rings is 1. The van der Waals surface area contributed by atoms with Crippen LogP contribution in [0.5, 0.6) is 0 Å². The van der Waals surface area contributed by atoms with E-state index in [4.69, 9.17) is 4.74 Å². The van der Waals surface area contributed by atoms with Crippen LogP contribution in [0.4, 0.5) is 0 Å². The predicted molar refractivity (Wildman–Crippen MR) is 72.5 cm³/mol. The number of likely N-dealkylation sites (N-methyl/N-ethyl adjacent to an activating group) is 2. The lowest BCUT2D eigenvalue weighted by Crippen LogP contribution is -2.52. The summed E-state index contributed by atoms with van der Waals surface area (Å²) in [6.45, 7) is 16.2. The Bertz CT molecular complexity index is 186. The highest BCUT2D eigenvalue weighted by Gasteiger charge is 2.22. The van der Waals surface area contributed by atoms with Crippen molar-refractivity contribution in [3.8, 4) is 0 Å². The summed E-state index contributed by atoms with van der Waals surface area (Å²) in [5.41, 5.74) is 0. The third-order valence-electron chi connectivity index (χ3n) is 3.58. The molecule has 1 unspecified atom stereocenters. The van der Waals surface area contributed by atoms with Gasteiger partial charge in [-0.3, -0.25) is 4.90 Å². The van der Waals surface area contributed by atoms with Crippen molar-refractivity contribution in [3.63, 3.8) is 0 Å². The lowest BCUT2D eigenvalue weighted by atomic mass is 10.2. The minimum atomic E-state index is 0.555. The van der Waals surface area contributed by atoms with Crippen molar-refractivity contribution < 1.29 is 4.74 Å². The smallest absolute Gasteiger partial charge is 0.0634 e. The maximum atomic E-state index is 5.57. The highest BCUT2D eigenvalue weighted by atomic mass is 16.5. The zero-order valence-electron chi connectivity index (χ0n) is 11.7. The lowest BCUT2D eigenvalue weighted by Gasteiger charge is -2.36. The minimum Gasteiger partial charge on any atom is -0.378 e. The molecule has 0 radical (unpaired) electrons. The normalized spacial score (nSPS) is 22.2. The van der Waals surface area contributed by atoms with Gasteiger partial charge in [0.2, 0.25) is 0 Å². The predicted octanol–water partition coefficient (Wildman–Crippen LogP) is 0.639. The molecule has 0 aliphatic carbocycles. The third kappa shape index (κ3) is 5.34. The molecule has 102 valence electrons. The van der Waals surface area contributed by atoms with Gasteiger partial charge in [-0.25, -0.2) is 0 Å². The van der Waals surface area contributed by atoms with Gasteiger partial charge in [0, 0.05) is 32.2 Å². The molecular formula is C13H29N3O. The Morgan fingerprint density at radius 1 is 1.29 bits per heavy atom. The van der Waals surface area contributed by atoms with Gasteiger partial charge in [0.15, 0.2) is 0 Å². The van der Waals surface area contributed by atoms with Crippen LogP contribution < -0.4 is 5.32 Å². The fraction of sp³-hybridized carbons (Fsp3) is 1.00. The van der Waals surface area contributed by atoms with Crippen molar-refractivity contribution >= 4 is 0 Å². The van der Waals surface area contributed by atoms with E-state index in [9.17, 15) is 0 Å². The van der Waals surface area contributed by atoms with E-state index in [2.05, 4.69) is 35.9 Å². The van der Waals surface area contributed by atoms with Crippen LogP contribution in [0.1, 0.15) is 20.8 Å². The second-order valence-electron chi connectivity index (χ2n) is 4.60. The summed E-state index contributed by atoms with van der Waals surface area (Å²) < 4.78 is 5.57. The van der Waals surface area contributed by atoms with Crippen LogP contribution in [0.15, 0.2) is 0 Å². The van der Waals surface area contributed by atoms with Gasteiger partial charge >= 0.3 is 0 Å². The molecule has 17 heavy (non-hydrogen) atoms. The Hall–Kier alpha value is -0.160. The first kappa shape index (κ1) is 14.9. The number of nitrogens with one attached hydrogen (secondary N) is 1. The maximum Gasteiger partial charge on any atom is 0.0634 e. The molecule has 1 atom stereocenters. The van der Waals surface area contributed by atoms with E-state index in [0.717, 1.165) is 45.9 Å². The zero-order chi connectivity index (χ0) is 12.5. The van der Waals surface area contributed by atoms with E-state index in [0.29, 0.717) is 6.04 Å². The Morgan fingerprint density at radius 3 is 2.71 bits per heavy atom. The molecule has 1 aliphatic rings. The van der Waals surface area contributed by atoms with Gasteiger partial charge in [-0.05, 0) is 19.6 Å². The summed E-state index contributed by atoms with van der Waals surface area (Å²) in [6, 6.07) is 0.555. The number of hydrogen-bond donors (Lipinski definition) is 1. The molecule has 4 nitrogen and oxygen atoms in total. The second-order valence-corrected chi connectivity index (χ2v) is 4.60. The van der Waals surface area contributed by atoms with Gasteiger partial charge in [0.1, 0.15) is 0 Å². The first-order chi connectivity index (χ1) is 8.31. The number of ether oxygens (including phenoxy) is 1. The fourth-order valence-corrected chi connectivity index (χ4v) is 2.29. The molecule has 4 heteroatoms. The Kier molecular flexibility index (Phi) is 7.77. The monoisotopic (exact) mass is 243 g/mol. The maximum absolute atomic E-state index is 5.57. The standard InChI is InChI=1S/C13H29N3O/c1-4-14-11-13-12-17-10-9-16(13)8-7-15(5-2)6-3/h13-14H,4-12H2,1-3H3. The average molecular weight is 243 g/mol. The van der Waals surface area contributed by atoms with Crippen molar-refractivity contribution in [2.75, 3.05) is 59.0 Å². The van der Waals surface area contributed by atoms with E-state index in [1.54, 1.807) is 0 Å². The van der Waals surface area contributed by atoms with E-state index >= 15 is 0 Å². The Labute approximate surface area is 106 Å². The lowest BCUT2D eigenvalue weighted by molar-refractivity contribution is -0.00982. The summed E-state index contributed by atoms with van der Waals surface area (Å²) >= 11 is 0. The molecule has 0 aromatic rings. The van der Waals surface area contributed by atoms with Crippen molar-refractivity contribution in [2.24, 2.45) is 0 Å². The third-order valence-corrected chi connectivity index (χ3v) is 3.58. The van der Waals surface area contributed by atoms with Crippen LogP contribution in [-0.2, 0) is 4.74 Å². The molecule has 0 saturated carbocycles. The quantitative estimate of drug-likeness (QED) is 0.677. The molecule has 1 aliphatic heterocycles. The van der Waals surface area contributed by atoms with E-state index in [-0.39, 0.29) is 0 Å². The molecule has 0 amide bonds. The molecule has 1 fully saturated rings. The molecule has 1 saturated heterocycles. The molecule has 0 bridgehead atoms. The molecule has 1 rings (SSSR count). The Balaban J connectivity index is 2.31. The summed E-state index contributed by atoms with van der Waals surface area (Å²) in [7, 11) is 0. The average Bonchev–Trinajstić information content (AvgIpc) is 2.38. The van der Waals surface area contributed by atoms with Crippen LogP contribution in [-0.4, -0.2) is 74.9 Å². The van der Waals surface area contributed by atoms with Gasteiger partial charge in [0.05, 0.1) is 13.2 Å². The van der Waals surface area contributed by atoms with E-state index in [1.165, 1.54) is 13.1 Å². The van der Waals surface area contributed by atoms with Gasteiger partial charge in [0.25, 0.3) is 0 Å². The van der Waals surface area contributed by atoms with Crippen LogP contribution >= 0.6 is 0 Å². The van der Waals surface area contributed by atoms with E-state index < -0.39 is 0 Å². The number of rotatable bonds is 8. The molecular weight excluding hydrogens is 214 g/mol. The topological polar surface area (TPSA) is 27.7 Å². The molecule has 0 spiro atoms. The van der Waals surface area contributed by atoms with E-state index in [1.807, 2.05) is 0 Å². The number of hydrogen-bond acceptors (Lipinski definition) is 4. The largest absolute Gasteiger partial charge is 0.378 e. The minimum absolute atomic E-state index is 0.555. The van der Waals surface area contributed by atoms with Crippen LogP contribution in [0.2, 0.25) is 0 Å². The van der Waals surface area contributed by atoms with Crippen LogP contribution in [0.25, 0.3) is 0 Å². The van der Waals surface area contributed by atoms with Crippen molar-refractivity contribution in [3.05, 3.63) is 0 Å². The van der Waals surface area contributed by atoms with Crippen LogP contribution in [0.3, 0.4) is 0 Å². The van der Waals surface area contributed by atoms with Crippen LogP contribution in [0, 0.1) is 0 Å². The summed E-state index contributed by atoms with van der Waals surface area (Å²) in [6.07, 6.45) is 0. The Morgan fingerprint density at radius 2 is 2.06 bits per heavy atom. The van der Waals surface area contributed by atoms with Gasteiger partial charge < -0.3 is 15.0 Å². The van der Waals surface area contributed by atoms with Crippen molar-refractivity contribution in [2.45, 2.75) is 26.8 Å². The zero-order valence-corrected chi connectivity index (χ0v) is 11.7. The van der Waals surface area contributed by atoms with Gasteiger partial charge in [-0.1, -0.05) is 20.8 Å². The van der Waals surface area contributed by atoms with Crippen molar-refractivity contribution in [1.82, 2.24) is 15.1 Å². The second kappa shape index (κ2) is 8.86. The number of nitrogens with zero attached hydrogens (tertiary/aromatic N) is 2. The fourth-order valence-electron chi connectivity index (χ4n) is 2.29. The highest BCUT2D eigenvalue weighted by molar-refractivity contribution is 4.78.